The molecule has 2 heterocycles. The van der Waals surface area contributed by atoms with Gasteiger partial charge in [0.25, 0.3) is 0 Å². The van der Waals surface area contributed by atoms with Gasteiger partial charge < -0.3 is 25.2 Å². The SMILES string of the molecule is CN=C(NCC(c1ccc(Cl)cc1)N(C)C)NC1CCN(CC2CCOC2)CC1. The number of likely N-dealkylation sites (N-methyl/N-ethyl adjacent to an activating group) is 1. The lowest BCUT2D eigenvalue weighted by Crippen LogP contribution is -2.50. The topological polar surface area (TPSA) is 52.1 Å². The maximum absolute atomic E-state index is 6.04. The van der Waals surface area contributed by atoms with E-state index in [1.807, 2.05) is 19.2 Å². The Labute approximate surface area is 180 Å². The molecule has 0 aromatic heterocycles. The fourth-order valence-corrected chi connectivity index (χ4v) is 4.34. The molecular formula is C22H36ClN5O. The van der Waals surface area contributed by atoms with Gasteiger partial charge in [-0.05, 0) is 57.0 Å². The van der Waals surface area contributed by atoms with Gasteiger partial charge in [0.1, 0.15) is 0 Å². The first-order valence-electron chi connectivity index (χ1n) is 10.7. The van der Waals surface area contributed by atoms with Crippen molar-refractivity contribution in [2.45, 2.75) is 31.3 Å². The Morgan fingerprint density at radius 2 is 1.97 bits per heavy atom. The molecule has 162 valence electrons. The highest BCUT2D eigenvalue weighted by Gasteiger charge is 2.24. The molecule has 3 rings (SSSR count). The fraction of sp³-hybridized carbons (Fsp3) is 0.682. The van der Waals surface area contributed by atoms with Crippen LogP contribution >= 0.6 is 11.6 Å². The Kier molecular flexibility index (Phi) is 8.60. The summed E-state index contributed by atoms with van der Waals surface area (Å²) in [6, 6.07) is 8.82. The van der Waals surface area contributed by atoms with Crippen molar-refractivity contribution in [1.29, 1.82) is 0 Å². The number of guanidine groups is 1. The molecule has 6 nitrogen and oxygen atoms in total. The second kappa shape index (κ2) is 11.2. The molecule has 2 aliphatic rings. The van der Waals surface area contributed by atoms with Gasteiger partial charge in [-0.2, -0.15) is 0 Å². The average molecular weight is 422 g/mol. The number of nitrogens with one attached hydrogen (secondary N) is 2. The van der Waals surface area contributed by atoms with Gasteiger partial charge in [0.05, 0.1) is 12.6 Å². The molecule has 2 unspecified atom stereocenters. The number of hydrogen-bond donors (Lipinski definition) is 2. The van der Waals surface area contributed by atoms with E-state index in [-0.39, 0.29) is 6.04 Å². The summed E-state index contributed by atoms with van der Waals surface area (Å²) in [5.41, 5.74) is 1.24. The zero-order chi connectivity index (χ0) is 20.6. The molecule has 2 N–H and O–H groups in total. The molecular weight excluding hydrogens is 386 g/mol. The van der Waals surface area contributed by atoms with E-state index < -0.39 is 0 Å². The third-order valence-electron chi connectivity index (χ3n) is 6.03. The van der Waals surface area contributed by atoms with Crippen molar-refractivity contribution < 1.29 is 4.74 Å². The zero-order valence-corrected chi connectivity index (χ0v) is 18.8. The van der Waals surface area contributed by atoms with Gasteiger partial charge in [-0.3, -0.25) is 4.99 Å². The van der Waals surface area contributed by atoms with Crippen LogP contribution in [0.1, 0.15) is 30.9 Å². The van der Waals surface area contributed by atoms with E-state index in [2.05, 4.69) is 51.7 Å². The minimum Gasteiger partial charge on any atom is -0.381 e. The second-order valence-corrected chi connectivity index (χ2v) is 8.87. The number of benzene rings is 1. The first kappa shape index (κ1) is 22.3. The normalized spacial score (nSPS) is 22.8. The predicted molar refractivity (Wildman–Crippen MR) is 121 cm³/mol. The zero-order valence-electron chi connectivity index (χ0n) is 18.0. The van der Waals surface area contributed by atoms with Crippen molar-refractivity contribution in [2.75, 3.05) is 60.5 Å². The summed E-state index contributed by atoms with van der Waals surface area (Å²) >= 11 is 6.04. The largest absolute Gasteiger partial charge is 0.381 e. The number of nitrogens with zero attached hydrogens (tertiary/aromatic N) is 3. The van der Waals surface area contributed by atoms with Crippen molar-refractivity contribution in [3.8, 4) is 0 Å². The van der Waals surface area contributed by atoms with E-state index in [9.17, 15) is 0 Å². The van der Waals surface area contributed by atoms with E-state index >= 15 is 0 Å². The Balaban J connectivity index is 1.44. The van der Waals surface area contributed by atoms with E-state index in [0.29, 0.717) is 6.04 Å². The summed E-state index contributed by atoms with van der Waals surface area (Å²) < 4.78 is 5.51. The molecule has 0 bridgehead atoms. The van der Waals surface area contributed by atoms with Crippen LogP contribution in [-0.2, 0) is 4.74 Å². The van der Waals surface area contributed by atoms with E-state index in [4.69, 9.17) is 16.3 Å². The van der Waals surface area contributed by atoms with Crippen LogP contribution in [0.25, 0.3) is 0 Å². The Morgan fingerprint density at radius 1 is 1.24 bits per heavy atom. The summed E-state index contributed by atoms with van der Waals surface area (Å²) in [7, 11) is 6.04. The van der Waals surface area contributed by atoms with Gasteiger partial charge in [-0.25, -0.2) is 0 Å². The first-order valence-corrected chi connectivity index (χ1v) is 11.1. The molecule has 2 atom stereocenters. The van der Waals surface area contributed by atoms with E-state index in [1.54, 1.807) is 0 Å². The quantitative estimate of drug-likeness (QED) is 0.523. The molecule has 0 saturated carbocycles. The number of aliphatic imine (C=N–C) groups is 1. The monoisotopic (exact) mass is 421 g/mol. The standard InChI is InChI=1S/C22H36ClN5O/c1-24-22(25-14-21(27(2)3)18-4-6-19(23)7-5-18)26-20-8-11-28(12-9-20)15-17-10-13-29-16-17/h4-7,17,20-21H,8-16H2,1-3H3,(H2,24,25,26). The third-order valence-corrected chi connectivity index (χ3v) is 6.29. The van der Waals surface area contributed by atoms with Crippen LogP contribution in [0.4, 0.5) is 0 Å². The van der Waals surface area contributed by atoms with Crippen LogP contribution < -0.4 is 10.6 Å². The highest BCUT2D eigenvalue weighted by molar-refractivity contribution is 6.30. The lowest BCUT2D eigenvalue weighted by atomic mass is 10.0. The smallest absolute Gasteiger partial charge is 0.191 e. The summed E-state index contributed by atoms with van der Waals surface area (Å²) in [4.78, 5) is 9.26. The molecule has 0 aliphatic carbocycles. The molecule has 2 fully saturated rings. The number of piperidine rings is 1. The molecule has 0 spiro atoms. The summed E-state index contributed by atoms with van der Waals surface area (Å²) in [5, 5.41) is 7.91. The summed E-state index contributed by atoms with van der Waals surface area (Å²) in [6.07, 6.45) is 3.53. The second-order valence-electron chi connectivity index (χ2n) is 8.43. The summed E-state index contributed by atoms with van der Waals surface area (Å²) in [6.45, 7) is 6.15. The maximum Gasteiger partial charge on any atom is 0.191 e. The Bertz CT molecular complexity index is 637. The van der Waals surface area contributed by atoms with Crippen molar-refractivity contribution >= 4 is 17.6 Å². The minimum absolute atomic E-state index is 0.251. The van der Waals surface area contributed by atoms with Crippen molar-refractivity contribution in [3.63, 3.8) is 0 Å². The number of likely N-dealkylation sites (tertiary alicyclic amines) is 1. The molecule has 0 amide bonds. The Morgan fingerprint density at radius 3 is 2.55 bits per heavy atom. The molecule has 2 aliphatic heterocycles. The molecule has 0 radical (unpaired) electrons. The van der Waals surface area contributed by atoms with Crippen LogP contribution in [0, 0.1) is 5.92 Å². The van der Waals surface area contributed by atoms with Crippen molar-refractivity contribution in [1.82, 2.24) is 20.4 Å². The minimum atomic E-state index is 0.251. The lowest BCUT2D eigenvalue weighted by molar-refractivity contribution is 0.150. The molecule has 29 heavy (non-hydrogen) atoms. The van der Waals surface area contributed by atoms with Gasteiger partial charge in [-0.15, -0.1) is 0 Å². The van der Waals surface area contributed by atoms with Crippen LogP contribution in [0.2, 0.25) is 5.02 Å². The van der Waals surface area contributed by atoms with Gasteiger partial charge in [-0.1, -0.05) is 23.7 Å². The molecule has 1 aromatic carbocycles. The molecule has 7 heteroatoms. The number of rotatable bonds is 7. The predicted octanol–water partition coefficient (Wildman–Crippen LogP) is 2.61. The first-order chi connectivity index (χ1) is 14.0. The lowest BCUT2D eigenvalue weighted by Gasteiger charge is -2.34. The van der Waals surface area contributed by atoms with Crippen LogP contribution in [0.5, 0.6) is 0 Å². The van der Waals surface area contributed by atoms with Gasteiger partial charge >= 0.3 is 0 Å². The maximum atomic E-state index is 6.04. The van der Waals surface area contributed by atoms with Crippen molar-refractivity contribution in [3.05, 3.63) is 34.9 Å². The third kappa shape index (κ3) is 6.85. The van der Waals surface area contributed by atoms with Crippen LogP contribution in [-0.4, -0.2) is 82.3 Å². The number of ether oxygens (including phenoxy) is 1. The van der Waals surface area contributed by atoms with Crippen LogP contribution in [0.15, 0.2) is 29.3 Å². The fourth-order valence-electron chi connectivity index (χ4n) is 4.22. The van der Waals surface area contributed by atoms with E-state index in [0.717, 1.165) is 62.6 Å². The van der Waals surface area contributed by atoms with Gasteiger partial charge in [0.2, 0.25) is 0 Å². The van der Waals surface area contributed by atoms with Crippen molar-refractivity contribution in [2.24, 2.45) is 10.9 Å². The van der Waals surface area contributed by atoms with E-state index in [1.165, 1.54) is 18.5 Å². The molecule has 2 saturated heterocycles. The highest BCUT2D eigenvalue weighted by Crippen LogP contribution is 2.20. The average Bonchev–Trinajstić information content (AvgIpc) is 3.22. The number of hydrogen-bond acceptors (Lipinski definition) is 4. The van der Waals surface area contributed by atoms with Gasteiger partial charge in [0.15, 0.2) is 5.96 Å². The Hall–Kier alpha value is -1.34. The van der Waals surface area contributed by atoms with Gasteiger partial charge in [0, 0.05) is 50.9 Å². The highest BCUT2D eigenvalue weighted by atomic mass is 35.5. The van der Waals surface area contributed by atoms with Crippen LogP contribution in [0.3, 0.4) is 0 Å². The summed E-state index contributed by atoms with van der Waals surface area (Å²) in [5.74, 6) is 1.61. The number of halogens is 1. The molecule has 1 aromatic rings.